The molecular weight excluding hydrogens is 287 g/mol. The van der Waals surface area contributed by atoms with Gasteiger partial charge in [0, 0.05) is 12.5 Å². The molecule has 114 valence electrons. The topological polar surface area (TPSA) is 57.6 Å². The molecule has 0 aliphatic heterocycles. The molecule has 0 bridgehead atoms. The maximum absolute atomic E-state index is 12.7. The Labute approximate surface area is 119 Å². The molecule has 1 amide bonds. The van der Waals surface area contributed by atoms with Crippen LogP contribution in [-0.2, 0) is 16.0 Å². The van der Waals surface area contributed by atoms with Gasteiger partial charge in [-0.3, -0.25) is 4.79 Å². The van der Waals surface area contributed by atoms with Crippen LogP contribution in [0.25, 0.3) is 0 Å². The molecule has 0 spiro atoms. The van der Waals surface area contributed by atoms with Crippen LogP contribution < -0.4 is 0 Å². The molecule has 1 atom stereocenters. The highest BCUT2D eigenvalue weighted by atomic mass is 19.4. The number of carbonyl (C=O) groups excluding carboxylic acids is 1. The smallest absolute Gasteiger partial charge is 0.471 e. The summed E-state index contributed by atoms with van der Waals surface area (Å²) in [7, 11) is 0. The minimum Gasteiger partial charge on any atom is -0.480 e. The lowest BCUT2D eigenvalue weighted by Crippen LogP contribution is -2.52. The van der Waals surface area contributed by atoms with Gasteiger partial charge in [0.05, 0.1) is 0 Å². The highest BCUT2D eigenvalue weighted by molar-refractivity contribution is 5.87. The molecule has 0 aromatic heterocycles. The molecule has 1 aliphatic carbocycles. The first kappa shape index (κ1) is 15.3. The summed E-state index contributed by atoms with van der Waals surface area (Å²) in [6.07, 6.45) is -4.40. The zero-order chi connectivity index (χ0) is 15.6. The summed E-state index contributed by atoms with van der Waals surface area (Å²) in [6.45, 7) is 0. The lowest BCUT2D eigenvalue weighted by molar-refractivity contribution is -0.190. The van der Waals surface area contributed by atoms with E-state index in [1.807, 2.05) is 0 Å². The summed E-state index contributed by atoms with van der Waals surface area (Å²) in [5.74, 6) is -3.50. The summed E-state index contributed by atoms with van der Waals surface area (Å²) >= 11 is 0. The van der Waals surface area contributed by atoms with Crippen LogP contribution in [0.5, 0.6) is 0 Å². The van der Waals surface area contributed by atoms with Gasteiger partial charge in [-0.25, -0.2) is 4.79 Å². The summed E-state index contributed by atoms with van der Waals surface area (Å²) in [6, 6.07) is 6.16. The van der Waals surface area contributed by atoms with E-state index in [9.17, 15) is 27.9 Å². The fourth-order valence-electron chi connectivity index (χ4n) is 2.20. The molecule has 7 heteroatoms. The van der Waals surface area contributed by atoms with Crippen LogP contribution in [0.1, 0.15) is 18.4 Å². The minimum atomic E-state index is -5.06. The number of rotatable bonds is 5. The van der Waals surface area contributed by atoms with Crippen LogP contribution in [0.15, 0.2) is 30.3 Å². The molecule has 1 aromatic rings. The first-order chi connectivity index (χ1) is 9.80. The van der Waals surface area contributed by atoms with Crippen LogP contribution in [0.3, 0.4) is 0 Å². The predicted molar refractivity (Wildman–Crippen MR) is 67.5 cm³/mol. The molecule has 0 radical (unpaired) electrons. The zero-order valence-electron chi connectivity index (χ0n) is 11.0. The Morgan fingerprint density at radius 3 is 2.24 bits per heavy atom. The van der Waals surface area contributed by atoms with Gasteiger partial charge in [0.15, 0.2) is 0 Å². The van der Waals surface area contributed by atoms with Crippen LogP contribution in [-0.4, -0.2) is 40.1 Å². The van der Waals surface area contributed by atoms with E-state index in [1.165, 1.54) is 0 Å². The molecule has 2 rings (SSSR count). The van der Waals surface area contributed by atoms with Crippen molar-refractivity contribution in [1.82, 2.24) is 4.90 Å². The van der Waals surface area contributed by atoms with E-state index < -0.39 is 30.1 Å². The quantitative estimate of drug-likeness (QED) is 0.907. The Balaban J connectivity index is 2.25. The van der Waals surface area contributed by atoms with E-state index in [-0.39, 0.29) is 6.42 Å². The summed E-state index contributed by atoms with van der Waals surface area (Å²) in [5, 5.41) is 9.24. The molecule has 1 aliphatic rings. The van der Waals surface area contributed by atoms with Crippen molar-refractivity contribution >= 4 is 11.9 Å². The summed E-state index contributed by atoms with van der Waals surface area (Å²) in [5.41, 5.74) is 0.575. The lowest BCUT2D eigenvalue weighted by atomic mass is 10.0. The third-order valence-electron chi connectivity index (χ3n) is 3.31. The first-order valence-corrected chi connectivity index (χ1v) is 6.47. The molecule has 1 fully saturated rings. The largest absolute Gasteiger partial charge is 0.480 e. The zero-order valence-corrected chi connectivity index (χ0v) is 11.0. The highest BCUT2D eigenvalue weighted by Crippen LogP contribution is 2.33. The number of carboxylic acids is 1. The second-order valence-corrected chi connectivity index (χ2v) is 4.99. The number of carboxylic acid groups (broad SMARTS) is 1. The normalized spacial score (nSPS) is 16.3. The van der Waals surface area contributed by atoms with Gasteiger partial charge in [-0.2, -0.15) is 13.2 Å². The SMILES string of the molecule is O=C(O)C(Cc1ccccc1)N(C(=O)C(F)(F)F)C1CC1. The number of aliphatic carboxylic acids is 1. The van der Waals surface area contributed by atoms with Gasteiger partial charge >= 0.3 is 18.1 Å². The van der Waals surface area contributed by atoms with Gasteiger partial charge in [0.25, 0.3) is 0 Å². The second-order valence-electron chi connectivity index (χ2n) is 4.99. The third-order valence-corrected chi connectivity index (χ3v) is 3.31. The van der Waals surface area contributed by atoms with Gasteiger partial charge in [0.1, 0.15) is 6.04 Å². The third kappa shape index (κ3) is 3.74. The number of alkyl halides is 3. The Kier molecular flexibility index (Phi) is 4.20. The predicted octanol–water partition coefficient (Wildman–Crippen LogP) is 2.24. The van der Waals surface area contributed by atoms with Gasteiger partial charge in [-0.05, 0) is 18.4 Å². The Morgan fingerprint density at radius 1 is 1.24 bits per heavy atom. The Bertz CT molecular complexity index is 526. The molecule has 1 unspecified atom stereocenters. The second kappa shape index (κ2) is 5.75. The highest BCUT2D eigenvalue weighted by Gasteiger charge is 2.51. The molecule has 21 heavy (non-hydrogen) atoms. The van der Waals surface area contributed by atoms with Crippen LogP contribution in [0.2, 0.25) is 0 Å². The monoisotopic (exact) mass is 301 g/mol. The van der Waals surface area contributed by atoms with E-state index in [0.29, 0.717) is 23.3 Å². The molecule has 4 nitrogen and oxygen atoms in total. The van der Waals surface area contributed by atoms with Gasteiger partial charge in [-0.1, -0.05) is 30.3 Å². The van der Waals surface area contributed by atoms with Gasteiger partial charge in [0.2, 0.25) is 0 Å². The lowest BCUT2D eigenvalue weighted by Gasteiger charge is -2.29. The van der Waals surface area contributed by atoms with Crippen LogP contribution in [0.4, 0.5) is 13.2 Å². The maximum Gasteiger partial charge on any atom is 0.471 e. The molecule has 0 saturated heterocycles. The van der Waals surface area contributed by atoms with E-state index in [4.69, 9.17) is 0 Å². The van der Waals surface area contributed by atoms with Crippen molar-refractivity contribution in [3.05, 3.63) is 35.9 Å². The van der Waals surface area contributed by atoms with Crippen molar-refractivity contribution in [2.75, 3.05) is 0 Å². The maximum atomic E-state index is 12.7. The fraction of sp³-hybridized carbons (Fsp3) is 0.429. The van der Waals surface area contributed by atoms with Crippen molar-refractivity contribution < 1.29 is 27.9 Å². The van der Waals surface area contributed by atoms with E-state index in [1.54, 1.807) is 30.3 Å². The molecule has 0 heterocycles. The van der Waals surface area contributed by atoms with E-state index >= 15 is 0 Å². The molecular formula is C14H14F3NO3. The minimum absolute atomic E-state index is 0.144. The number of benzene rings is 1. The Morgan fingerprint density at radius 2 is 1.81 bits per heavy atom. The molecule has 1 N–H and O–H groups in total. The van der Waals surface area contributed by atoms with Crippen molar-refractivity contribution in [1.29, 1.82) is 0 Å². The number of hydrogen-bond acceptors (Lipinski definition) is 2. The number of hydrogen-bond donors (Lipinski definition) is 1. The Hall–Kier alpha value is -2.05. The molecule has 1 saturated carbocycles. The summed E-state index contributed by atoms with van der Waals surface area (Å²) < 4.78 is 38.0. The van der Waals surface area contributed by atoms with Gasteiger partial charge in [-0.15, -0.1) is 0 Å². The molecule has 1 aromatic carbocycles. The van der Waals surface area contributed by atoms with E-state index in [2.05, 4.69) is 0 Å². The number of nitrogens with zero attached hydrogens (tertiary/aromatic N) is 1. The fourth-order valence-corrected chi connectivity index (χ4v) is 2.20. The number of amides is 1. The van der Waals surface area contributed by atoms with Crippen LogP contribution >= 0.6 is 0 Å². The van der Waals surface area contributed by atoms with Gasteiger partial charge < -0.3 is 10.0 Å². The standard InChI is InChI=1S/C14H14F3NO3/c15-14(16,17)13(21)18(10-6-7-10)11(12(19)20)8-9-4-2-1-3-5-9/h1-5,10-11H,6-8H2,(H,19,20). The summed E-state index contributed by atoms with van der Waals surface area (Å²) in [4.78, 5) is 23.3. The van der Waals surface area contributed by atoms with E-state index in [0.717, 1.165) is 0 Å². The van der Waals surface area contributed by atoms with Crippen molar-refractivity contribution in [3.63, 3.8) is 0 Å². The number of halogens is 3. The average molecular weight is 301 g/mol. The van der Waals surface area contributed by atoms with Crippen LogP contribution in [0, 0.1) is 0 Å². The van der Waals surface area contributed by atoms with Crippen molar-refractivity contribution in [3.8, 4) is 0 Å². The first-order valence-electron chi connectivity index (χ1n) is 6.47. The number of carbonyl (C=O) groups is 2. The average Bonchev–Trinajstić information content (AvgIpc) is 3.22. The van der Waals surface area contributed by atoms with Crippen molar-refractivity contribution in [2.24, 2.45) is 0 Å². The van der Waals surface area contributed by atoms with Crippen molar-refractivity contribution in [2.45, 2.75) is 37.5 Å².